The molecule has 0 aliphatic rings. The van der Waals surface area contributed by atoms with Gasteiger partial charge in [0, 0.05) is 59.9 Å². The van der Waals surface area contributed by atoms with Gasteiger partial charge in [0.2, 0.25) is 88.6 Å². The van der Waals surface area contributed by atoms with Crippen molar-refractivity contribution in [2.45, 2.75) is 241 Å². The van der Waals surface area contributed by atoms with Crippen LogP contribution in [0, 0.1) is 11.8 Å². The molecule has 15 amide bonds. The molecule has 32 N–H and O–H groups in total. The fraction of sp³-hybridized carbons (Fsp3) is 0.523. The summed E-state index contributed by atoms with van der Waals surface area (Å²) in [6.07, 6.45) is -1.82. The number of rotatable bonds is 63. The number of phenols is 1. The van der Waals surface area contributed by atoms with Crippen LogP contribution in [0.3, 0.4) is 0 Å². The van der Waals surface area contributed by atoms with E-state index in [0.717, 1.165) is 6.92 Å². The minimum Gasteiger partial charge on any atom is -0.508 e. The molecule has 0 unspecified atom stereocenters. The highest BCUT2D eigenvalue weighted by molar-refractivity contribution is 6.02. The van der Waals surface area contributed by atoms with Crippen molar-refractivity contribution >= 4 is 140 Å². The largest absolute Gasteiger partial charge is 0.508 e. The number of aliphatic carboxylic acids is 5. The number of amides is 15. The molecule has 0 fully saturated rings. The van der Waals surface area contributed by atoms with Gasteiger partial charge < -0.3 is 148 Å². The van der Waals surface area contributed by atoms with Gasteiger partial charge in [-0.15, -0.1) is 0 Å². The molecule has 0 aliphatic heterocycles. The molecule has 15 atom stereocenters. The molecular formula is C88H127N21O27. The minimum absolute atomic E-state index is 0.00471. The standard InChI is InChI=1S/C88H127N21O27/c1-6-46(4)74(88(135)136)109-82(129)60(28-29-70(114)115)100-75(122)47(5)97-83(130)66(39-73(120)121)107-81(128)59(23-13-16-32-91)102-86(133)65(38-72(118)119)99-69(113)43-96-78(125)64(37-71(116)117)106-80(127)58(22-12-15-31-90)101-84(131)61(34-48-24-26-51(111)27-25-48)103-85(132)63(36-50-41-94-56-20-10-8-18-53(50)56)105-79(126)57(21-11-14-30-89)98-68(112)42-95-77(124)62(35-49-40-93-55-19-9-7-17-52(49)55)104-87(134)67(44-110)108-76(123)54(92)33-45(2)3/h7-10,17-20,24-27,40-41,45-47,54,57-67,74,93-94,110-111H,6,11-16,21-23,28-39,42-44,89-92H2,1-5H3,(H,95,124)(H,96,125)(H,97,130)(H,98,112)(H,99,113)(H,100,122)(H,101,131)(H,102,133)(H,103,132)(H,104,134)(H,105,126)(H,106,127)(H,107,128)(H,108,123)(H,109,129)(H,114,115)(H,116,117)(H,118,119)(H,120,121)(H,135,136)/t46-,47-,54-,57-,58-,59-,60-,61-,62-,63-,64-,65-,66-,67-,74-/m0/s1. The van der Waals surface area contributed by atoms with E-state index in [1.54, 1.807) is 67.8 Å². The van der Waals surface area contributed by atoms with E-state index in [4.69, 9.17) is 22.9 Å². The summed E-state index contributed by atoms with van der Waals surface area (Å²) in [5.74, 6) is -25.7. The Morgan fingerprint density at radius 2 is 0.713 bits per heavy atom. The Kier molecular flexibility index (Phi) is 47.3. The lowest BCUT2D eigenvalue weighted by Crippen LogP contribution is -2.60. The van der Waals surface area contributed by atoms with Crippen LogP contribution in [-0.2, 0) is 115 Å². The highest BCUT2D eigenvalue weighted by Crippen LogP contribution is 2.23. The Morgan fingerprint density at radius 1 is 0.368 bits per heavy atom. The maximum absolute atomic E-state index is 15.3. The van der Waals surface area contributed by atoms with Gasteiger partial charge in [-0.05, 0) is 150 Å². The van der Waals surface area contributed by atoms with Gasteiger partial charge in [0.25, 0.3) is 0 Å². The van der Waals surface area contributed by atoms with Crippen molar-refractivity contribution in [3.8, 4) is 5.75 Å². The van der Waals surface area contributed by atoms with Gasteiger partial charge in [0.05, 0.1) is 45.0 Å². The highest BCUT2D eigenvalue weighted by atomic mass is 16.4. The van der Waals surface area contributed by atoms with Gasteiger partial charge in [0.15, 0.2) is 0 Å². The van der Waals surface area contributed by atoms with Gasteiger partial charge >= 0.3 is 29.8 Å². The number of hydrogen-bond donors (Lipinski definition) is 28. The Morgan fingerprint density at radius 3 is 1.14 bits per heavy atom. The quantitative estimate of drug-likeness (QED) is 0.0162. The van der Waals surface area contributed by atoms with Gasteiger partial charge in [-0.2, -0.15) is 0 Å². The van der Waals surface area contributed by atoms with E-state index in [2.05, 4.69) is 89.7 Å². The van der Waals surface area contributed by atoms with Crippen LogP contribution in [0.25, 0.3) is 21.8 Å². The molecule has 2 heterocycles. The number of aliphatic hydroxyl groups excluding tert-OH is 1. The van der Waals surface area contributed by atoms with Crippen molar-refractivity contribution in [3.05, 3.63) is 102 Å². The van der Waals surface area contributed by atoms with Crippen LogP contribution < -0.4 is 103 Å². The monoisotopic (exact) mass is 1910 g/mol. The van der Waals surface area contributed by atoms with Crippen molar-refractivity contribution < 1.29 is 132 Å². The van der Waals surface area contributed by atoms with Crippen molar-refractivity contribution in [2.24, 2.45) is 34.8 Å². The number of hydrogen-bond acceptors (Lipinski definition) is 26. The number of carboxylic acid groups (broad SMARTS) is 5. The van der Waals surface area contributed by atoms with Gasteiger partial charge in [0.1, 0.15) is 84.3 Å². The Labute approximate surface area is 781 Å². The van der Waals surface area contributed by atoms with Gasteiger partial charge in [-0.1, -0.05) is 82.6 Å². The second-order valence-electron chi connectivity index (χ2n) is 33.2. The average molecular weight is 1910 g/mol. The average Bonchev–Trinajstić information content (AvgIpc) is 1.64. The Bertz CT molecular complexity index is 4970. The molecule has 48 nitrogen and oxygen atoms in total. The third-order valence-electron chi connectivity index (χ3n) is 21.8. The second-order valence-corrected chi connectivity index (χ2v) is 33.2. The van der Waals surface area contributed by atoms with Gasteiger partial charge in [-0.3, -0.25) is 91.1 Å². The second kappa shape index (κ2) is 57.3. The number of nitrogens with one attached hydrogen (secondary N) is 17. The summed E-state index contributed by atoms with van der Waals surface area (Å²) >= 11 is 0. The number of unbranched alkanes of at least 4 members (excludes halogenated alkanes) is 3. The van der Waals surface area contributed by atoms with E-state index >= 15 is 9.59 Å². The number of aromatic hydroxyl groups is 1. The molecule has 0 aliphatic carbocycles. The van der Waals surface area contributed by atoms with Crippen molar-refractivity contribution in [1.82, 2.24) is 89.7 Å². The summed E-state index contributed by atoms with van der Waals surface area (Å²) in [6, 6.07) is -4.25. The third kappa shape index (κ3) is 38.4. The number of carbonyl (C=O) groups excluding carboxylic acids is 15. The van der Waals surface area contributed by atoms with E-state index in [9.17, 15) is 122 Å². The first-order valence-electron chi connectivity index (χ1n) is 44.4. The maximum atomic E-state index is 15.3. The molecule has 136 heavy (non-hydrogen) atoms. The molecule has 0 bridgehead atoms. The number of H-pyrrole nitrogens is 2. The minimum atomic E-state index is -2.12. The lowest BCUT2D eigenvalue weighted by Gasteiger charge is -2.27. The van der Waals surface area contributed by atoms with Crippen LogP contribution in [0.2, 0.25) is 0 Å². The van der Waals surface area contributed by atoms with Crippen LogP contribution in [0.1, 0.15) is 154 Å². The molecule has 2 aromatic heterocycles. The van der Waals surface area contributed by atoms with Crippen LogP contribution in [0.4, 0.5) is 0 Å². The fourth-order valence-corrected chi connectivity index (χ4v) is 14.2. The van der Waals surface area contributed by atoms with E-state index in [0.29, 0.717) is 44.9 Å². The highest BCUT2D eigenvalue weighted by Gasteiger charge is 2.39. The van der Waals surface area contributed by atoms with E-state index < -0.39 is 267 Å². The summed E-state index contributed by atoms with van der Waals surface area (Å²) in [7, 11) is 0. The number of aliphatic hydroxyl groups is 1. The zero-order valence-electron chi connectivity index (χ0n) is 76.1. The van der Waals surface area contributed by atoms with Crippen LogP contribution in [-0.4, -0.2) is 288 Å². The Balaban J connectivity index is 1.37. The number of carbonyl (C=O) groups is 20. The normalized spacial score (nSPS) is 14.5. The molecule has 0 radical (unpaired) electrons. The number of fused-ring (bicyclic) bond motifs is 2. The van der Waals surface area contributed by atoms with Crippen LogP contribution in [0.15, 0.2) is 85.2 Å². The summed E-state index contributed by atoms with van der Waals surface area (Å²) in [5.41, 5.74) is 26.1. The van der Waals surface area contributed by atoms with Crippen LogP contribution >= 0.6 is 0 Å². The summed E-state index contributed by atoms with van der Waals surface area (Å²) in [5, 5.41) is 106. The third-order valence-corrected chi connectivity index (χ3v) is 21.8. The topological polar surface area (TPSA) is 799 Å². The first kappa shape index (κ1) is 112. The van der Waals surface area contributed by atoms with Crippen molar-refractivity contribution in [2.75, 3.05) is 39.3 Å². The molecule has 5 aromatic rings. The predicted octanol–water partition coefficient (Wildman–Crippen LogP) is -4.89. The molecule has 0 saturated carbocycles. The first-order chi connectivity index (χ1) is 64.5. The smallest absolute Gasteiger partial charge is 0.326 e. The van der Waals surface area contributed by atoms with E-state index in [1.807, 2.05) is 13.8 Å². The molecule has 5 rings (SSSR count). The SMILES string of the molecule is CC[C@H](C)[C@H](NC(=O)[C@H](CCC(=O)O)NC(=O)[C@H](C)NC(=O)[C@H](CC(=O)O)NC(=O)[C@H](CCCCN)NC(=O)[C@H](CC(=O)O)NC(=O)CNC(=O)[C@H](CC(=O)O)NC(=O)[C@H](CCCCN)NC(=O)[C@H](Cc1ccc(O)cc1)NC(=O)[C@H](Cc1c[nH]c2ccccc12)NC(=O)[C@H](CCCCN)NC(=O)CNC(=O)[C@H](Cc1c[nH]c2ccccc12)NC(=O)[C@H](CO)NC(=O)[C@@H](N)CC(C)C)C(=O)O. The van der Waals surface area contributed by atoms with Crippen molar-refractivity contribution in [1.29, 1.82) is 0 Å². The van der Waals surface area contributed by atoms with E-state index in [-0.39, 0.29) is 108 Å². The predicted molar refractivity (Wildman–Crippen MR) is 487 cm³/mol. The molecule has 48 heteroatoms. The number of benzene rings is 3. The zero-order valence-corrected chi connectivity index (χ0v) is 76.1. The van der Waals surface area contributed by atoms with Crippen molar-refractivity contribution in [3.63, 3.8) is 0 Å². The van der Waals surface area contributed by atoms with Gasteiger partial charge in [-0.25, -0.2) is 4.79 Å². The molecule has 0 saturated heterocycles. The number of aromatic amines is 2. The number of aromatic nitrogens is 2. The number of nitrogens with two attached hydrogens (primary N) is 4. The number of phenolic OH excluding ortho intramolecular Hbond substituents is 1. The maximum Gasteiger partial charge on any atom is 0.326 e. The zero-order chi connectivity index (χ0) is 101. The van der Waals surface area contributed by atoms with Crippen LogP contribution in [0.5, 0.6) is 5.75 Å². The lowest BCUT2D eigenvalue weighted by molar-refractivity contribution is -0.144. The first-order valence-corrected chi connectivity index (χ1v) is 44.4. The summed E-state index contributed by atoms with van der Waals surface area (Å²) in [4.78, 5) is 278. The lowest BCUT2D eigenvalue weighted by atomic mass is 9.98. The number of para-hydroxylation sites is 2. The molecule has 746 valence electrons. The number of carboxylic acids is 5. The molecular weight excluding hydrogens is 1780 g/mol. The molecule has 3 aromatic carbocycles. The summed E-state index contributed by atoms with van der Waals surface area (Å²) in [6.45, 7) is 5.18. The Hall–Kier alpha value is -14.3. The molecule has 0 spiro atoms. The summed E-state index contributed by atoms with van der Waals surface area (Å²) < 4.78 is 0. The van der Waals surface area contributed by atoms with E-state index in [1.165, 1.54) is 31.2 Å². The fourth-order valence-electron chi connectivity index (χ4n) is 14.2.